The number of urea groups is 1. The third-order valence-electron chi connectivity index (χ3n) is 3.30. The molecule has 2 N–H and O–H groups in total. The highest BCUT2D eigenvalue weighted by molar-refractivity contribution is 6.01. The molecule has 0 aliphatic carbocycles. The van der Waals surface area contributed by atoms with Gasteiger partial charge in [-0.15, -0.1) is 0 Å². The van der Waals surface area contributed by atoms with Crippen LogP contribution in [0.4, 0.5) is 13.6 Å². The highest BCUT2D eigenvalue weighted by Gasteiger charge is 2.40. The molecule has 1 saturated heterocycles. The molecule has 4 amide bonds. The first-order valence-corrected chi connectivity index (χ1v) is 6.75. The first kappa shape index (κ1) is 16.7. The number of imide groups is 1. The zero-order valence-electron chi connectivity index (χ0n) is 12.3. The summed E-state index contributed by atoms with van der Waals surface area (Å²) >= 11 is 0. The Bertz CT molecular complexity index is 603. The Hall–Kier alpha value is -2.71. The van der Waals surface area contributed by atoms with E-state index in [4.69, 9.17) is 4.74 Å². The van der Waals surface area contributed by atoms with Gasteiger partial charge in [-0.1, -0.05) is 0 Å². The van der Waals surface area contributed by atoms with Crippen LogP contribution in [0.5, 0.6) is 5.75 Å². The van der Waals surface area contributed by atoms with Crippen LogP contribution in [0.1, 0.15) is 5.56 Å². The summed E-state index contributed by atoms with van der Waals surface area (Å²) in [6.45, 7) is -0.562. The molecule has 1 fully saturated rings. The van der Waals surface area contributed by atoms with Gasteiger partial charge in [0.1, 0.15) is 5.75 Å². The van der Waals surface area contributed by atoms with E-state index in [9.17, 15) is 23.2 Å². The van der Waals surface area contributed by atoms with Crippen LogP contribution in [0.3, 0.4) is 0 Å². The molecule has 7 nitrogen and oxygen atoms in total. The average molecular weight is 327 g/mol. The van der Waals surface area contributed by atoms with Crippen molar-refractivity contribution in [3.8, 4) is 5.75 Å². The van der Waals surface area contributed by atoms with Crippen molar-refractivity contribution < 1.29 is 27.9 Å². The minimum Gasteiger partial charge on any atom is -0.497 e. The zero-order valence-corrected chi connectivity index (χ0v) is 12.3. The normalized spacial score (nSPS) is 14.7. The lowest BCUT2D eigenvalue weighted by atomic mass is 10.1. The van der Waals surface area contributed by atoms with E-state index >= 15 is 0 Å². The van der Waals surface area contributed by atoms with Crippen molar-refractivity contribution in [3.05, 3.63) is 29.8 Å². The van der Waals surface area contributed by atoms with Gasteiger partial charge in [-0.3, -0.25) is 14.5 Å². The molecular formula is C14H15F2N3O4. The fraction of sp³-hybridized carbons (Fsp3) is 0.357. The zero-order chi connectivity index (χ0) is 17.0. The molecule has 0 spiro atoms. The van der Waals surface area contributed by atoms with E-state index in [1.807, 2.05) is 5.32 Å². The third kappa shape index (κ3) is 3.55. The Morgan fingerprint density at radius 3 is 2.52 bits per heavy atom. The van der Waals surface area contributed by atoms with E-state index < -0.39 is 29.3 Å². The Morgan fingerprint density at radius 2 is 2.00 bits per heavy atom. The number of carbonyl (C=O) groups excluding carboxylic acids is 3. The number of amides is 4. The Morgan fingerprint density at radius 1 is 1.35 bits per heavy atom. The summed E-state index contributed by atoms with van der Waals surface area (Å²) < 4.78 is 32.9. The van der Waals surface area contributed by atoms with E-state index in [2.05, 4.69) is 5.32 Å². The van der Waals surface area contributed by atoms with Gasteiger partial charge < -0.3 is 15.4 Å². The first-order valence-electron chi connectivity index (χ1n) is 6.75. The number of nitrogens with zero attached hydrogens (tertiary/aromatic N) is 1. The van der Waals surface area contributed by atoms with Crippen molar-refractivity contribution in [1.82, 2.24) is 15.5 Å². The number of hydrogen-bond acceptors (Lipinski definition) is 4. The molecule has 1 aliphatic heterocycles. The summed E-state index contributed by atoms with van der Waals surface area (Å²) in [5, 5.41) is 4.31. The topological polar surface area (TPSA) is 87.7 Å². The van der Waals surface area contributed by atoms with Crippen molar-refractivity contribution in [1.29, 1.82) is 0 Å². The lowest BCUT2D eigenvalue weighted by Gasteiger charge is -2.18. The molecule has 0 unspecified atom stereocenters. The molecule has 1 aromatic carbocycles. The summed E-state index contributed by atoms with van der Waals surface area (Å²) in [7, 11) is 1.40. The predicted molar refractivity (Wildman–Crippen MR) is 75.0 cm³/mol. The quantitative estimate of drug-likeness (QED) is 0.743. The van der Waals surface area contributed by atoms with Gasteiger partial charge in [0, 0.05) is 18.7 Å². The maximum Gasteiger partial charge on any atom is 0.349 e. The molecule has 0 aromatic heterocycles. The van der Waals surface area contributed by atoms with Crippen LogP contribution >= 0.6 is 0 Å². The second-order valence-corrected chi connectivity index (χ2v) is 4.76. The molecule has 2 rings (SSSR count). The summed E-state index contributed by atoms with van der Waals surface area (Å²) in [6, 6.07) is 4.23. The molecule has 1 aliphatic rings. The van der Waals surface area contributed by atoms with Crippen LogP contribution in [-0.4, -0.2) is 49.5 Å². The monoisotopic (exact) mass is 327 g/mol. The predicted octanol–water partition coefficient (Wildman–Crippen LogP) is 0.455. The van der Waals surface area contributed by atoms with Gasteiger partial charge in [-0.25, -0.2) is 4.79 Å². The highest BCUT2D eigenvalue weighted by Crippen LogP contribution is 2.29. The Balaban J connectivity index is 1.93. The number of benzene rings is 1. The van der Waals surface area contributed by atoms with Gasteiger partial charge in [-0.2, -0.15) is 8.78 Å². The summed E-state index contributed by atoms with van der Waals surface area (Å²) in [5.74, 6) is -5.31. The molecular weight excluding hydrogens is 312 g/mol. The van der Waals surface area contributed by atoms with Crippen molar-refractivity contribution in [3.63, 3.8) is 0 Å². The van der Waals surface area contributed by atoms with Crippen LogP contribution in [0.15, 0.2) is 24.3 Å². The number of alkyl halides is 2. The number of rotatable bonds is 6. The molecule has 23 heavy (non-hydrogen) atoms. The van der Waals surface area contributed by atoms with E-state index in [1.165, 1.54) is 19.2 Å². The fourth-order valence-corrected chi connectivity index (χ4v) is 2.01. The second kappa shape index (κ2) is 6.59. The number of ether oxygens (including phenoxy) is 1. The van der Waals surface area contributed by atoms with Crippen molar-refractivity contribution >= 4 is 17.8 Å². The number of halogens is 2. The minimum absolute atomic E-state index is 0.130. The molecule has 9 heteroatoms. The largest absolute Gasteiger partial charge is 0.497 e. The molecule has 0 bridgehead atoms. The van der Waals surface area contributed by atoms with Crippen molar-refractivity contribution in [2.45, 2.75) is 5.92 Å². The summed E-state index contributed by atoms with van der Waals surface area (Å²) in [4.78, 5) is 35.1. The van der Waals surface area contributed by atoms with Gasteiger partial charge in [0.05, 0.1) is 13.7 Å². The maximum atomic E-state index is 14.0. The van der Waals surface area contributed by atoms with Crippen LogP contribution in [0.25, 0.3) is 0 Å². The maximum absolute atomic E-state index is 14.0. The van der Waals surface area contributed by atoms with Crippen LogP contribution in [0.2, 0.25) is 0 Å². The summed E-state index contributed by atoms with van der Waals surface area (Å²) in [6.07, 6.45) is 0. The minimum atomic E-state index is -3.73. The van der Waals surface area contributed by atoms with Gasteiger partial charge in [-0.05, 0) is 24.3 Å². The SMILES string of the molecule is COc1ccc(C(F)(F)C(=O)NCCN2C(=O)CNC2=O)cc1. The molecule has 124 valence electrons. The number of nitrogens with one attached hydrogen (secondary N) is 2. The Labute approximate surface area is 130 Å². The third-order valence-corrected chi connectivity index (χ3v) is 3.30. The first-order chi connectivity index (χ1) is 10.9. The van der Waals surface area contributed by atoms with E-state index in [-0.39, 0.29) is 19.6 Å². The molecule has 0 atom stereocenters. The van der Waals surface area contributed by atoms with Crippen LogP contribution in [0, 0.1) is 0 Å². The van der Waals surface area contributed by atoms with E-state index in [1.54, 1.807) is 0 Å². The summed E-state index contributed by atoms with van der Waals surface area (Å²) in [5.41, 5.74) is -0.481. The van der Waals surface area contributed by atoms with E-state index in [0.717, 1.165) is 17.0 Å². The molecule has 1 heterocycles. The lowest BCUT2D eigenvalue weighted by molar-refractivity contribution is -0.147. The molecule has 0 saturated carbocycles. The fourth-order valence-electron chi connectivity index (χ4n) is 2.01. The molecule has 1 aromatic rings. The number of methoxy groups -OCH3 is 1. The van der Waals surface area contributed by atoms with Gasteiger partial charge in [0.2, 0.25) is 5.91 Å². The van der Waals surface area contributed by atoms with E-state index in [0.29, 0.717) is 5.75 Å². The van der Waals surface area contributed by atoms with Crippen molar-refractivity contribution in [2.24, 2.45) is 0 Å². The van der Waals surface area contributed by atoms with Gasteiger partial charge >= 0.3 is 12.0 Å². The average Bonchev–Trinajstić information content (AvgIpc) is 2.86. The van der Waals surface area contributed by atoms with Crippen molar-refractivity contribution in [2.75, 3.05) is 26.7 Å². The molecule has 0 radical (unpaired) electrons. The smallest absolute Gasteiger partial charge is 0.349 e. The van der Waals surface area contributed by atoms with Gasteiger partial charge in [0.25, 0.3) is 5.91 Å². The standard InChI is InChI=1S/C14H15F2N3O4/c1-23-10-4-2-9(3-5-10)14(15,16)12(21)17-6-7-19-11(20)8-18-13(19)22/h2-5H,6-8H2,1H3,(H,17,21)(H,18,22). The van der Waals surface area contributed by atoms with Crippen LogP contribution in [-0.2, 0) is 15.5 Å². The number of carbonyl (C=O) groups is 3. The van der Waals surface area contributed by atoms with Gasteiger partial charge in [0.15, 0.2) is 0 Å². The van der Waals surface area contributed by atoms with Crippen LogP contribution < -0.4 is 15.4 Å². The second-order valence-electron chi connectivity index (χ2n) is 4.76. The lowest BCUT2D eigenvalue weighted by Crippen LogP contribution is -2.43. The number of hydrogen-bond donors (Lipinski definition) is 2. The highest BCUT2D eigenvalue weighted by atomic mass is 19.3. The Kier molecular flexibility index (Phi) is 4.77.